The normalized spacial score (nSPS) is 10.9. The SMILES string of the molecule is Cc1cc(Br)cc(C)c1OCC(=O)N/N=C/c1ccc(-c2ccc([N+](=O)[O-])cc2)o1. The van der Waals surface area contributed by atoms with Crippen LogP contribution in [0.4, 0.5) is 5.69 Å². The van der Waals surface area contributed by atoms with Crippen LogP contribution < -0.4 is 10.2 Å². The number of carbonyl (C=O) groups is 1. The summed E-state index contributed by atoms with van der Waals surface area (Å²) < 4.78 is 12.2. The van der Waals surface area contributed by atoms with Crippen LogP contribution in [0, 0.1) is 24.0 Å². The van der Waals surface area contributed by atoms with E-state index in [1.54, 1.807) is 24.3 Å². The van der Waals surface area contributed by atoms with Gasteiger partial charge in [-0.2, -0.15) is 5.10 Å². The van der Waals surface area contributed by atoms with Crippen molar-refractivity contribution >= 4 is 33.7 Å². The van der Waals surface area contributed by atoms with Crippen molar-refractivity contribution < 1.29 is 18.9 Å². The molecule has 2 aromatic carbocycles. The summed E-state index contributed by atoms with van der Waals surface area (Å²) >= 11 is 3.42. The highest BCUT2D eigenvalue weighted by molar-refractivity contribution is 9.10. The highest BCUT2D eigenvalue weighted by Crippen LogP contribution is 2.27. The number of ether oxygens (including phenoxy) is 1. The number of hydrazone groups is 1. The zero-order valence-electron chi connectivity index (χ0n) is 16.2. The highest BCUT2D eigenvalue weighted by atomic mass is 79.9. The molecule has 0 spiro atoms. The molecule has 1 aromatic heterocycles. The van der Waals surface area contributed by atoms with E-state index in [-0.39, 0.29) is 12.3 Å². The standard InChI is InChI=1S/C21H18BrN3O5/c1-13-9-16(22)10-14(2)21(13)29-12-20(26)24-23-11-18-7-8-19(30-18)15-3-5-17(6-4-15)25(27)28/h3-11H,12H2,1-2H3,(H,24,26)/b23-11+. The van der Waals surface area contributed by atoms with Crippen molar-refractivity contribution in [2.24, 2.45) is 5.10 Å². The molecule has 30 heavy (non-hydrogen) atoms. The van der Waals surface area contributed by atoms with Gasteiger partial charge in [0.1, 0.15) is 17.3 Å². The van der Waals surface area contributed by atoms with Crippen LogP contribution in [0.3, 0.4) is 0 Å². The van der Waals surface area contributed by atoms with Crippen LogP contribution in [0.15, 0.2) is 62.5 Å². The largest absolute Gasteiger partial charge is 0.483 e. The first-order valence-electron chi connectivity index (χ1n) is 8.89. The Kier molecular flexibility index (Phi) is 6.63. The van der Waals surface area contributed by atoms with Crippen molar-refractivity contribution in [2.75, 3.05) is 6.61 Å². The van der Waals surface area contributed by atoms with E-state index >= 15 is 0 Å². The summed E-state index contributed by atoms with van der Waals surface area (Å²) in [6.45, 7) is 3.64. The Hall–Kier alpha value is -3.46. The Morgan fingerprint density at radius 3 is 2.50 bits per heavy atom. The zero-order chi connectivity index (χ0) is 21.7. The summed E-state index contributed by atoms with van der Waals surface area (Å²) in [4.78, 5) is 22.2. The Bertz CT molecular complexity index is 1080. The molecule has 0 aliphatic heterocycles. The average Bonchev–Trinajstić information content (AvgIpc) is 3.16. The molecular formula is C21H18BrN3O5. The van der Waals surface area contributed by atoms with Gasteiger partial charge in [0.05, 0.1) is 11.1 Å². The van der Waals surface area contributed by atoms with Gasteiger partial charge in [0.25, 0.3) is 11.6 Å². The number of non-ortho nitro benzene ring substituents is 1. The van der Waals surface area contributed by atoms with Gasteiger partial charge in [0.15, 0.2) is 6.61 Å². The van der Waals surface area contributed by atoms with Crippen molar-refractivity contribution in [1.29, 1.82) is 0 Å². The molecule has 154 valence electrons. The number of rotatable bonds is 7. The topological polar surface area (TPSA) is 107 Å². The van der Waals surface area contributed by atoms with E-state index in [1.807, 2.05) is 26.0 Å². The molecule has 0 bridgehead atoms. The minimum Gasteiger partial charge on any atom is -0.483 e. The summed E-state index contributed by atoms with van der Waals surface area (Å²) in [5.41, 5.74) is 4.93. The number of amides is 1. The summed E-state index contributed by atoms with van der Waals surface area (Å²) in [6.07, 6.45) is 1.36. The Morgan fingerprint density at radius 2 is 1.87 bits per heavy atom. The molecule has 0 aliphatic carbocycles. The number of aryl methyl sites for hydroxylation is 2. The Morgan fingerprint density at radius 1 is 1.20 bits per heavy atom. The van der Waals surface area contributed by atoms with Crippen molar-refractivity contribution in [3.05, 3.63) is 80.0 Å². The fraction of sp³-hybridized carbons (Fsp3) is 0.143. The van der Waals surface area contributed by atoms with Gasteiger partial charge in [-0.3, -0.25) is 14.9 Å². The lowest BCUT2D eigenvalue weighted by Crippen LogP contribution is -2.25. The first-order valence-corrected chi connectivity index (χ1v) is 9.69. The number of nitrogens with zero attached hydrogens (tertiary/aromatic N) is 2. The third-order valence-electron chi connectivity index (χ3n) is 4.14. The van der Waals surface area contributed by atoms with Gasteiger partial charge in [-0.1, -0.05) is 15.9 Å². The smallest absolute Gasteiger partial charge is 0.277 e. The number of benzene rings is 2. The van der Waals surface area contributed by atoms with E-state index in [0.29, 0.717) is 22.8 Å². The lowest BCUT2D eigenvalue weighted by atomic mass is 10.1. The van der Waals surface area contributed by atoms with E-state index in [0.717, 1.165) is 15.6 Å². The van der Waals surface area contributed by atoms with Gasteiger partial charge in [0.2, 0.25) is 0 Å². The number of nitrogens with one attached hydrogen (secondary N) is 1. The monoisotopic (exact) mass is 471 g/mol. The van der Waals surface area contributed by atoms with Crippen LogP contribution in [-0.4, -0.2) is 23.7 Å². The van der Waals surface area contributed by atoms with Crippen LogP contribution in [0.2, 0.25) is 0 Å². The predicted molar refractivity (Wildman–Crippen MR) is 116 cm³/mol. The first kappa shape index (κ1) is 21.3. The van der Waals surface area contributed by atoms with Crippen molar-refractivity contribution in [2.45, 2.75) is 13.8 Å². The van der Waals surface area contributed by atoms with Gasteiger partial charge in [-0.05, 0) is 61.4 Å². The fourth-order valence-corrected chi connectivity index (χ4v) is 3.47. The molecule has 1 N–H and O–H groups in total. The number of furan rings is 1. The maximum Gasteiger partial charge on any atom is 0.277 e. The summed E-state index contributed by atoms with van der Waals surface area (Å²) in [6, 6.07) is 13.2. The van der Waals surface area contributed by atoms with Crippen LogP contribution in [-0.2, 0) is 4.79 Å². The van der Waals surface area contributed by atoms with E-state index in [4.69, 9.17) is 9.15 Å². The minimum atomic E-state index is -0.463. The number of hydrogen-bond donors (Lipinski definition) is 1. The second kappa shape index (κ2) is 9.36. The molecule has 0 saturated heterocycles. The Balaban J connectivity index is 1.54. The molecule has 1 amide bonds. The van der Waals surface area contributed by atoms with Crippen molar-refractivity contribution in [3.63, 3.8) is 0 Å². The van der Waals surface area contributed by atoms with Crippen LogP contribution in [0.5, 0.6) is 5.75 Å². The van der Waals surface area contributed by atoms with Gasteiger partial charge >= 0.3 is 0 Å². The van der Waals surface area contributed by atoms with Gasteiger partial charge in [0, 0.05) is 22.2 Å². The third-order valence-corrected chi connectivity index (χ3v) is 4.60. The molecule has 3 aromatic rings. The average molecular weight is 472 g/mol. The first-order chi connectivity index (χ1) is 14.3. The quantitative estimate of drug-likeness (QED) is 0.303. The van der Waals surface area contributed by atoms with Crippen molar-refractivity contribution in [3.8, 4) is 17.1 Å². The summed E-state index contributed by atoms with van der Waals surface area (Å²) in [5, 5.41) is 14.6. The number of hydrogen-bond acceptors (Lipinski definition) is 6. The molecule has 0 unspecified atom stereocenters. The maximum atomic E-state index is 12.0. The van der Waals surface area contributed by atoms with Gasteiger partial charge < -0.3 is 9.15 Å². The van der Waals surface area contributed by atoms with Crippen LogP contribution >= 0.6 is 15.9 Å². The number of halogens is 1. The fourth-order valence-electron chi connectivity index (χ4n) is 2.79. The number of carbonyl (C=O) groups excluding carboxylic acids is 1. The molecule has 8 nitrogen and oxygen atoms in total. The molecule has 0 fully saturated rings. The molecule has 0 aliphatic rings. The molecular weight excluding hydrogens is 454 g/mol. The molecule has 3 rings (SSSR count). The lowest BCUT2D eigenvalue weighted by Gasteiger charge is -2.11. The molecule has 0 radical (unpaired) electrons. The number of nitro groups is 1. The van der Waals surface area contributed by atoms with Crippen LogP contribution in [0.25, 0.3) is 11.3 Å². The zero-order valence-corrected chi connectivity index (χ0v) is 17.8. The second-order valence-electron chi connectivity index (χ2n) is 6.46. The lowest BCUT2D eigenvalue weighted by molar-refractivity contribution is -0.384. The van der Waals surface area contributed by atoms with Gasteiger partial charge in [-0.15, -0.1) is 0 Å². The van der Waals surface area contributed by atoms with E-state index in [2.05, 4.69) is 26.5 Å². The summed E-state index contributed by atoms with van der Waals surface area (Å²) in [5.74, 6) is 1.21. The van der Waals surface area contributed by atoms with Crippen LogP contribution in [0.1, 0.15) is 16.9 Å². The predicted octanol–water partition coefficient (Wildman–Crippen LogP) is 4.76. The van der Waals surface area contributed by atoms with E-state index in [9.17, 15) is 14.9 Å². The number of nitro benzene ring substituents is 1. The van der Waals surface area contributed by atoms with Crippen molar-refractivity contribution in [1.82, 2.24) is 5.43 Å². The molecule has 0 atom stereocenters. The molecule has 1 heterocycles. The van der Waals surface area contributed by atoms with E-state index < -0.39 is 10.8 Å². The van der Waals surface area contributed by atoms with Gasteiger partial charge in [-0.25, -0.2) is 5.43 Å². The second-order valence-corrected chi connectivity index (χ2v) is 7.37. The third kappa shape index (κ3) is 5.32. The maximum absolute atomic E-state index is 12.0. The summed E-state index contributed by atoms with van der Waals surface area (Å²) in [7, 11) is 0. The molecule has 9 heteroatoms. The highest BCUT2D eigenvalue weighted by Gasteiger charge is 2.09. The molecule has 0 saturated carbocycles. The Labute approximate surface area is 180 Å². The van der Waals surface area contributed by atoms with E-state index in [1.165, 1.54) is 18.3 Å². The minimum absolute atomic E-state index is 0.00514.